The highest BCUT2D eigenvalue weighted by Crippen LogP contribution is 2.31. The van der Waals surface area contributed by atoms with Crippen molar-refractivity contribution < 1.29 is 18.1 Å². The lowest BCUT2D eigenvalue weighted by Crippen LogP contribution is -2.06. The van der Waals surface area contributed by atoms with E-state index in [4.69, 9.17) is 0 Å². The van der Waals surface area contributed by atoms with Crippen LogP contribution in [0.5, 0.6) is 0 Å². The van der Waals surface area contributed by atoms with E-state index in [1.807, 2.05) is 33.9 Å². The van der Waals surface area contributed by atoms with Crippen LogP contribution in [0.3, 0.4) is 0 Å². The Morgan fingerprint density at radius 1 is 0.960 bits per heavy atom. The first-order chi connectivity index (χ1) is 11.5. The molecule has 0 aromatic heterocycles. The Balaban J connectivity index is 0.000000705. The molecule has 0 spiro atoms. The van der Waals surface area contributed by atoms with Gasteiger partial charge >= 0.3 is 6.18 Å². The standard InChI is InChI=1S/C14H11BF3NO2.C3H9N/c15-13(10-3-7-12(8-4-10)19(20)21)9-1-5-11(6-2-9)14(16,17)18;1-4(2)3/h1-8,13H,15H2;1-3H3. The number of halogens is 3. The van der Waals surface area contributed by atoms with Gasteiger partial charge in [-0.25, -0.2) is 0 Å². The van der Waals surface area contributed by atoms with E-state index in [0.29, 0.717) is 0 Å². The summed E-state index contributed by atoms with van der Waals surface area (Å²) in [6.45, 7) is 0. The van der Waals surface area contributed by atoms with E-state index >= 15 is 0 Å². The molecule has 0 aliphatic heterocycles. The molecule has 0 amide bonds. The maximum Gasteiger partial charge on any atom is 0.416 e. The average molecular weight is 352 g/mol. The molecule has 1 atom stereocenters. The molecule has 2 aromatic rings. The Kier molecular flexibility index (Phi) is 7.17. The van der Waals surface area contributed by atoms with Crippen LogP contribution in [0.2, 0.25) is 0 Å². The summed E-state index contributed by atoms with van der Waals surface area (Å²) in [6, 6.07) is 10.9. The average Bonchev–Trinajstić information content (AvgIpc) is 2.53. The summed E-state index contributed by atoms with van der Waals surface area (Å²) >= 11 is 0. The number of nitro benzene ring substituents is 1. The van der Waals surface area contributed by atoms with Gasteiger partial charge in [0.2, 0.25) is 0 Å². The van der Waals surface area contributed by atoms with E-state index < -0.39 is 16.7 Å². The minimum Gasteiger partial charge on any atom is -0.312 e. The van der Waals surface area contributed by atoms with Gasteiger partial charge in [-0.2, -0.15) is 13.2 Å². The Bertz CT molecular complexity index is 684. The maximum atomic E-state index is 12.5. The summed E-state index contributed by atoms with van der Waals surface area (Å²) in [5.41, 5.74) is 0.817. The third kappa shape index (κ3) is 6.58. The minimum atomic E-state index is -4.35. The minimum absolute atomic E-state index is 0.0154. The normalized spacial score (nSPS) is 12.3. The summed E-state index contributed by atoms with van der Waals surface area (Å²) < 4.78 is 37.5. The van der Waals surface area contributed by atoms with Crippen LogP contribution in [-0.2, 0) is 6.18 Å². The smallest absolute Gasteiger partial charge is 0.312 e. The monoisotopic (exact) mass is 352 g/mol. The zero-order chi connectivity index (χ0) is 19.2. The van der Waals surface area contributed by atoms with Crippen LogP contribution < -0.4 is 0 Å². The second-order valence-electron chi connectivity index (χ2n) is 6.03. The maximum absolute atomic E-state index is 12.5. The summed E-state index contributed by atoms with van der Waals surface area (Å²) in [7, 11) is 7.84. The zero-order valence-corrected chi connectivity index (χ0v) is 14.5. The molecule has 0 N–H and O–H groups in total. The molecular formula is C17H20BF3N2O2. The van der Waals surface area contributed by atoms with Crippen LogP contribution in [0.1, 0.15) is 22.5 Å². The van der Waals surface area contributed by atoms with Crippen molar-refractivity contribution >= 4 is 13.5 Å². The van der Waals surface area contributed by atoms with Crippen molar-refractivity contribution in [1.82, 2.24) is 4.90 Å². The molecule has 0 fully saturated rings. The summed E-state index contributed by atoms with van der Waals surface area (Å²) in [5.74, 6) is -0.145. The Labute approximate surface area is 145 Å². The van der Waals surface area contributed by atoms with E-state index in [1.165, 1.54) is 24.3 Å². The van der Waals surface area contributed by atoms with E-state index in [9.17, 15) is 23.3 Å². The van der Waals surface area contributed by atoms with Crippen molar-refractivity contribution in [3.05, 3.63) is 75.3 Å². The largest absolute Gasteiger partial charge is 0.416 e. The highest BCUT2D eigenvalue weighted by atomic mass is 19.4. The highest BCUT2D eigenvalue weighted by Gasteiger charge is 2.30. The van der Waals surface area contributed by atoms with Crippen molar-refractivity contribution in [2.45, 2.75) is 12.0 Å². The third-order valence-corrected chi connectivity index (χ3v) is 3.34. The van der Waals surface area contributed by atoms with Gasteiger partial charge in [0.05, 0.1) is 10.5 Å². The summed E-state index contributed by atoms with van der Waals surface area (Å²) in [4.78, 5) is 12.1. The fourth-order valence-corrected chi connectivity index (χ4v) is 2.04. The zero-order valence-electron chi connectivity index (χ0n) is 14.5. The van der Waals surface area contributed by atoms with E-state index in [1.54, 1.807) is 12.1 Å². The topological polar surface area (TPSA) is 46.4 Å². The molecule has 0 aliphatic carbocycles. The molecule has 0 bridgehead atoms. The molecule has 2 rings (SSSR count). The fourth-order valence-electron chi connectivity index (χ4n) is 2.04. The molecular weight excluding hydrogens is 332 g/mol. The first-order valence-corrected chi connectivity index (χ1v) is 7.54. The number of benzene rings is 2. The molecule has 0 saturated heterocycles. The van der Waals surface area contributed by atoms with Crippen LogP contribution in [0.25, 0.3) is 0 Å². The lowest BCUT2D eigenvalue weighted by molar-refractivity contribution is -0.384. The van der Waals surface area contributed by atoms with Crippen molar-refractivity contribution in [1.29, 1.82) is 0 Å². The van der Waals surface area contributed by atoms with Gasteiger partial charge in [0, 0.05) is 12.1 Å². The number of hydrogen-bond acceptors (Lipinski definition) is 3. The van der Waals surface area contributed by atoms with Crippen molar-refractivity contribution in [2.75, 3.05) is 21.1 Å². The number of hydrogen-bond donors (Lipinski definition) is 0. The first-order valence-electron chi connectivity index (χ1n) is 7.54. The van der Waals surface area contributed by atoms with Crippen LogP contribution in [-0.4, -0.2) is 38.8 Å². The van der Waals surface area contributed by atoms with Gasteiger partial charge < -0.3 is 4.90 Å². The Morgan fingerprint density at radius 3 is 1.64 bits per heavy atom. The van der Waals surface area contributed by atoms with Gasteiger partial charge in [0.1, 0.15) is 7.85 Å². The molecule has 0 radical (unpaired) electrons. The molecule has 0 aliphatic rings. The van der Waals surface area contributed by atoms with Crippen LogP contribution in [0, 0.1) is 10.1 Å². The van der Waals surface area contributed by atoms with E-state index in [-0.39, 0.29) is 11.5 Å². The predicted molar refractivity (Wildman–Crippen MR) is 94.5 cm³/mol. The lowest BCUT2D eigenvalue weighted by Gasteiger charge is -2.14. The highest BCUT2D eigenvalue weighted by molar-refractivity contribution is 6.14. The van der Waals surface area contributed by atoms with Gasteiger partial charge in [0.15, 0.2) is 0 Å². The molecule has 4 nitrogen and oxygen atoms in total. The van der Waals surface area contributed by atoms with Crippen molar-refractivity contribution in [3.8, 4) is 0 Å². The van der Waals surface area contributed by atoms with E-state index in [2.05, 4.69) is 0 Å². The second-order valence-corrected chi connectivity index (χ2v) is 6.03. The van der Waals surface area contributed by atoms with Gasteiger partial charge in [-0.1, -0.05) is 24.3 Å². The van der Waals surface area contributed by atoms with Crippen LogP contribution in [0.15, 0.2) is 48.5 Å². The van der Waals surface area contributed by atoms with E-state index in [0.717, 1.165) is 23.3 Å². The van der Waals surface area contributed by atoms with Gasteiger partial charge in [-0.15, -0.1) is 0 Å². The third-order valence-electron chi connectivity index (χ3n) is 3.34. The van der Waals surface area contributed by atoms with Crippen LogP contribution >= 0.6 is 0 Å². The fraction of sp³-hybridized carbons (Fsp3) is 0.294. The molecule has 0 saturated carbocycles. The molecule has 8 heteroatoms. The molecule has 25 heavy (non-hydrogen) atoms. The number of nitrogens with zero attached hydrogens (tertiary/aromatic N) is 2. The second kappa shape index (κ2) is 8.66. The first kappa shape index (κ1) is 20.7. The predicted octanol–water partition coefficient (Wildman–Crippen LogP) is 3.51. The summed E-state index contributed by atoms with van der Waals surface area (Å²) in [6.07, 6.45) is -4.35. The summed E-state index contributed by atoms with van der Waals surface area (Å²) in [5, 5.41) is 10.6. The number of rotatable bonds is 3. The number of nitro groups is 1. The molecule has 0 heterocycles. The molecule has 1 unspecified atom stereocenters. The Morgan fingerprint density at radius 2 is 1.32 bits per heavy atom. The molecule has 134 valence electrons. The van der Waals surface area contributed by atoms with Gasteiger partial charge in [-0.05, 0) is 50.2 Å². The van der Waals surface area contributed by atoms with Crippen LogP contribution in [0.4, 0.5) is 18.9 Å². The van der Waals surface area contributed by atoms with Gasteiger partial charge in [-0.3, -0.25) is 10.1 Å². The number of non-ortho nitro benzene ring substituents is 1. The van der Waals surface area contributed by atoms with Gasteiger partial charge in [0.25, 0.3) is 5.69 Å². The van der Waals surface area contributed by atoms with Crippen molar-refractivity contribution in [3.63, 3.8) is 0 Å². The SMILES string of the molecule is BC(c1ccc([N+](=O)[O-])cc1)c1ccc(C(F)(F)F)cc1.CN(C)C. The lowest BCUT2D eigenvalue weighted by atomic mass is 9.76. The Hall–Kier alpha value is -2.35. The quantitative estimate of drug-likeness (QED) is 0.483. The number of alkyl halides is 3. The van der Waals surface area contributed by atoms with Crippen molar-refractivity contribution in [2.24, 2.45) is 0 Å². The molecule has 2 aromatic carbocycles.